The Labute approximate surface area is 124 Å². The van der Waals surface area contributed by atoms with Crippen molar-refractivity contribution < 1.29 is 8.81 Å². The van der Waals surface area contributed by atoms with Gasteiger partial charge in [-0.05, 0) is 29.8 Å². The summed E-state index contributed by atoms with van der Waals surface area (Å²) in [4.78, 5) is 4.30. The highest BCUT2D eigenvalue weighted by molar-refractivity contribution is 7.98. The Balaban J connectivity index is 1.78. The van der Waals surface area contributed by atoms with Gasteiger partial charge in [0.25, 0.3) is 5.22 Å². The number of rotatable bonds is 3. The number of nitrogens with two attached hydrogens (primary N) is 1. The van der Waals surface area contributed by atoms with Crippen LogP contribution in [0.5, 0.6) is 0 Å². The van der Waals surface area contributed by atoms with Gasteiger partial charge in [-0.15, -0.1) is 0 Å². The highest BCUT2D eigenvalue weighted by Crippen LogP contribution is 2.28. The highest BCUT2D eigenvalue weighted by Gasteiger charge is 2.09. The number of anilines is 1. The number of hydrogen-bond acceptors (Lipinski definition) is 5. The molecule has 0 aliphatic heterocycles. The molecule has 104 valence electrons. The van der Waals surface area contributed by atoms with Gasteiger partial charge in [0, 0.05) is 17.5 Å². The average Bonchev–Trinajstić information content (AvgIpc) is 2.87. The standard InChI is InChI=1S/C15H10FN3OS/c16-12-5-9(7-17)1-2-10(12)8-21-15-19-13-4-3-11(18)6-14(13)20-15/h1-6H,8,18H2. The molecule has 6 heteroatoms. The van der Waals surface area contributed by atoms with Gasteiger partial charge in [0.05, 0.1) is 11.6 Å². The van der Waals surface area contributed by atoms with Crippen molar-refractivity contribution in [2.24, 2.45) is 0 Å². The van der Waals surface area contributed by atoms with Crippen LogP contribution in [0.4, 0.5) is 10.1 Å². The van der Waals surface area contributed by atoms with Gasteiger partial charge >= 0.3 is 0 Å². The maximum atomic E-state index is 13.8. The topological polar surface area (TPSA) is 75.8 Å². The minimum absolute atomic E-state index is 0.304. The molecule has 2 N–H and O–H groups in total. The molecule has 3 aromatic rings. The molecule has 3 rings (SSSR count). The van der Waals surface area contributed by atoms with Crippen molar-refractivity contribution in [3.05, 3.63) is 53.3 Å². The fourth-order valence-corrected chi connectivity index (χ4v) is 2.68. The summed E-state index contributed by atoms with van der Waals surface area (Å²) in [6.07, 6.45) is 0. The Kier molecular flexibility index (Phi) is 3.50. The number of aromatic nitrogens is 1. The molecule has 4 nitrogen and oxygen atoms in total. The van der Waals surface area contributed by atoms with Crippen LogP contribution in [-0.2, 0) is 5.75 Å². The first-order chi connectivity index (χ1) is 10.2. The summed E-state index contributed by atoms with van der Waals surface area (Å²) in [5.74, 6) is -0.0262. The molecular weight excluding hydrogens is 289 g/mol. The molecule has 21 heavy (non-hydrogen) atoms. The lowest BCUT2D eigenvalue weighted by atomic mass is 10.1. The molecule has 0 amide bonds. The van der Waals surface area contributed by atoms with E-state index in [1.54, 1.807) is 30.3 Å². The molecule has 1 aromatic heterocycles. The second-order valence-corrected chi connectivity index (χ2v) is 5.34. The van der Waals surface area contributed by atoms with Crippen molar-refractivity contribution in [3.63, 3.8) is 0 Å². The van der Waals surface area contributed by atoms with Crippen LogP contribution in [0.15, 0.2) is 46.0 Å². The van der Waals surface area contributed by atoms with E-state index in [4.69, 9.17) is 15.4 Å². The second kappa shape index (κ2) is 5.46. The van der Waals surface area contributed by atoms with Gasteiger partial charge in [0.2, 0.25) is 0 Å². The van der Waals surface area contributed by atoms with Gasteiger partial charge in [0.1, 0.15) is 11.3 Å². The van der Waals surface area contributed by atoms with Crippen LogP contribution >= 0.6 is 11.8 Å². The smallest absolute Gasteiger partial charge is 0.257 e. The molecular formula is C15H10FN3OS. The first-order valence-electron chi connectivity index (χ1n) is 6.13. The fraction of sp³-hybridized carbons (Fsp3) is 0.0667. The number of nitrogen functional groups attached to an aromatic ring is 1. The molecule has 0 aliphatic carbocycles. The van der Waals surface area contributed by atoms with Gasteiger partial charge in [-0.1, -0.05) is 17.8 Å². The summed E-state index contributed by atoms with van der Waals surface area (Å²) in [6.45, 7) is 0. The van der Waals surface area contributed by atoms with E-state index in [2.05, 4.69) is 4.98 Å². The van der Waals surface area contributed by atoms with Gasteiger partial charge in [-0.2, -0.15) is 5.26 Å². The Hall–Kier alpha value is -2.52. The molecule has 0 fully saturated rings. The van der Waals surface area contributed by atoms with E-state index < -0.39 is 5.82 Å². The number of fused-ring (bicyclic) bond motifs is 1. The van der Waals surface area contributed by atoms with Crippen molar-refractivity contribution in [2.75, 3.05) is 5.73 Å². The molecule has 0 unspecified atom stereocenters. The Morgan fingerprint density at radius 1 is 1.29 bits per heavy atom. The Bertz CT molecular complexity index is 854. The van der Waals surface area contributed by atoms with Crippen molar-refractivity contribution in [3.8, 4) is 6.07 Å². The first-order valence-corrected chi connectivity index (χ1v) is 7.11. The molecule has 0 radical (unpaired) electrons. The van der Waals surface area contributed by atoms with Crippen LogP contribution in [0.25, 0.3) is 11.1 Å². The minimum Gasteiger partial charge on any atom is -0.431 e. The van der Waals surface area contributed by atoms with E-state index in [0.29, 0.717) is 38.9 Å². The Morgan fingerprint density at radius 2 is 2.14 bits per heavy atom. The SMILES string of the molecule is N#Cc1ccc(CSc2nc3ccc(N)cc3o2)c(F)c1. The third kappa shape index (κ3) is 2.83. The Morgan fingerprint density at radius 3 is 2.90 bits per heavy atom. The highest BCUT2D eigenvalue weighted by atomic mass is 32.2. The summed E-state index contributed by atoms with van der Waals surface area (Å²) in [7, 11) is 0. The van der Waals surface area contributed by atoms with Gasteiger partial charge in [-0.3, -0.25) is 0 Å². The monoisotopic (exact) mass is 299 g/mol. The van der Waals surface area contributed by atoms with Crippen LogP contribution in [0.2, 0.25) is 0 Å². The zero-order chi connectivity index (χ0) is 14.8. The number of hydrogen-bond donors (Lipinski definition) is 1. The molecule has 0 spiro atoms. The van der Waals surface area contributed by atoms with Crippen LogP contribution in [0, 0.1) is 17.1 Å². The van der Waals surface area contributed by atoms with E-state index in [1.807, 2.05) is 6.07 Å². The normalized spacial score (nSPS) is 10.7. The summed E-state index contributed by atoms with van der Waals surface area (Å²) >= 11 is 1.29. The van der Waals surface area contributed by atoms with Crippen molar-refractivity contribution in [2.45, 2.75) is 11.0 Å². The van der Waals surface area contributed by atoms with E-state index in [9.17, 15) is 4.39 Å². The summed E-state index contributed by atoms with van der Waals surface area (Å²) in [6, 6.07) is 11.5. The van der Waals surface area contributed by atoms with E-state index in [-0.39, 0.29) is 0 Å². The van der Waals surface area contributed by atoms with E-state index >= 15 is 0 Å². The number of thioether (sulfide) groups is 1. The molecule has 0 bridgehead atoms. The lowest BCUT2D eigenvalue weighted by Crippen LogP contribution is -1.89. The first kappa shape index (κ1) is 13.5. The van der Waals surface area contributed by atoms with E-state index in [0.717, 1.165) is 0 Å². The van der Waals surface area contributed by atoms with Gasteiger partial charge in [0.15, 0.2) is 5.58 Å². The van der Waals surface area contributed by atoms with Gasteiger partial charge in [-0.25, -0.2) is 9.37 Å². The van der Waals surface area contributed by atoms with Crippen molar-refractivity contribution in [1.29, 1.82) is 5.26 Å². The summed E-state index contributed by atoms with van der Waals surface area (Å²) in [5, 5.41) is 9.16. The number of nitriles is 1. The van der Waals surface area contributed by atoms with Crippen LogP contribution < -0.4 is 5.73 Å². The van der Waals surface area contributed by atoms with Crippen LogP contribution in [-0.4, -0.2) is 4.98 Å². The molecule has 0 aliphatic rings. The number of halogens is 1. The maximum absolute atomic E-state index is 13.8. The van der Waals surface area contributed by atoms with Gasteiger partial charge < -0.3 is 10.2 Å². The quantitative estimate of drug-likeness (QED) is 0.589. The van der Waals surface area contributed by atoms with Crippen molar-refractivity contribution >= 4 is 28.5 Å². The maximum Gasteiger partial charge on any atom is 0.257 e. The summed E-state index contributed by atoms with van der Waals surface area (Å²) in [5.41, 5.74) is 8.41. The second-order valence-electron chi connectivity index (χ2n) is 4.41. The van der Waals surface area contributed by atoms with Crippen molar-refractivity contribution in [1.82, 2.24) is 4.98 Å². The zero-order valence-corrected chi connectivity index (χ0v) is 11.7. The predicted molar refractivity (Wildman–Crippen MR) is 79.1 cm³/mol. The molecule has 0 saturated carbocycles. The summed E-state index contributed by atoms with van der Waals surface area (Å²) < 4.78 is 19.3. The minimum atomic E-state index is -0.401. The third-order valence-electron chi connectivity index (χ3n) is 2.93. The van der Waals surface area contributed by atoms with Crippen LogP contribution in [0.1, 0.15) is 11.1 Å². The van der Waals surface area contributed by atoms with E-state index in [1.165, 1.54) is 17.8 Å². The largest absolute Gasteiger partial charge is 0.431 e. The number of oxazole rings is 1. The van der Waals surface area contributed by atoms with Crippen LogP contribution in [0.3, 0.4) is 0 Å². The zero-order valence-electron chi connectivity index (χ0n) is 10.8. The molecule has 2 aromatic carbocycles. The molecule has 0 atom stereocenters. The number of nitrogens with zero attached hydrogens (tertiary/aromatic N) is 2. The lowest BCUT2D eigenvalue weighted by Gasteiger charge is -2.00. The predicted octanol–water partition coefficient (Wildman–Crippen LogP) is 3.71. The number of benzene rings is 2. The lowest BCUT2D eigenvalue weighted by molar-refractivity contribution is 0.489. The third-order valence-corrected chi connectivity index (χ3v) is 3.80. The fourth-order valence-electron chi connectivity index (χ4n) is 1.86. The molecule has 1 heterocycles. The molecule has 0 saturated heterocycles. The average molecular weight is 299 g/mol.